The molecule has 1 N–H and O–H groups in total. The predicted molar refractivity (Wildman–Crippen MR) is 120 cm³/mol. The maximum Gasteiger partial charge on any atom is 0.344 e. The van der Waals surface area contributed by atoms with Crippen LogP contribution in [0.15, 0.2) is 34.7 Å². The molecule has 0 saturated carbocycles. The van der Waals surface area contributed by atoms with Crippen molar-refractivity contribution in [2.75, 3.05) is 18.5 Å². The number of benzene rings is 1. The third-order valence-corrected chi connectivity index (χ3v) is 4.57. The first-order valence-electron chi connectivity index (χ1n) is 10.0. The average molecular weight is 445 g/mol. The number of hydrogen-bond acceptors (Lipinski definition) is 7. The van der Waals surface area contributed by atoms with Gasteiger partial charge < -0.3 is 19.2 Å². The first kappa shape index (κ1) is 22.6. The molecule has 3 rings (SSSR count). The van der Waals surface area contributed by atoms with Crippen LogP contribution in [0.3, 0.4) is 0 Å². The fraction of sp³-hybridized carbons (Fsp3) is 0.348. The van der Waals surface area contributed by atoms with Gasteiger partial charge in [-0.05, 0) is 46.8 Å². The smallest absolute Gasteiger partial charge is 0.344 e. The van der Waals surface area contributed by atoms with Crippen LogP contribution in [0.5, 0.6) is 0 Å². The number of para-hydroxylation sites is 1. The first-order valence-corrected chi connectivity index (χ1v) is 10.4. The fourth-order valence-electron chi connectivity index (χ4n) is 3.10. The van der Waals surface area contributed by atoms with Crippen LogP contribution in [0.25, 0.3) is 22.2 Å². The lowest BCUT2D eigenvalue weighted by atomic mass is 10.0. The van der Waals surface area contributed by atoms with E-state index in [-0.39, 0.29) is 41.1 Å². The van der Waals surface area contributed by atoms with Crippen LogP contribution in [-0.2, 0) is 9.47 Å². The summed E-state index contributed by atoms with van der Waals surface area (Å²) >= 11 is 6.47. The number of rotatable bonds is 6. The molecule has 2 aromatic heterocycles. The summed E-state index contributed by atoms with van der Waals surface area (Å²) in [5, 5.41) is 4.07. The SMILES string of the molecule is CCOC(=O)c1c(NC(C)(C)C)oc(-c2cc3ccccc3nc2Cl)c1C(=O)OCC. The van der Waals surface area contributed by atoms with Gasteiger partial charge in [-0.1, -0.05) is 29.8 Å². The molecular weight excluding hydrogens is 420 g/mol. The van der Waals surface area contributed by atoms with E-state index in [2.05, 4.69) is 10.3 Å². The van der Waals surface area contributed by atoms with E-state index >= 15 is 0 Å². The van der Waals surface area contributed by atoms with Gasteiger partial charge in [0.05, 0.1) is 24.3 Å². The van der Waals surface area contributed by atoms with Crippen molar-refractivity contribution < 1.29 is 23.5 Å². The van der Waals surface area contributed by atoms with Crippen LogP contribution in [0, 0.1) is 0 Å². The zero-order valence-electron chi connectivity index (χ0n) is 18.2. The van der Waals surface area contributed by atoms with Gasteiger partial charge in [0.1, 0.15) is 16.3 Å². The summed E-state index contributed by atoms with van der Waals surface area (Å²) in [7, 11) is 0. The number of nitrogens with zero attached hydrogens (tertiary/aromatic N) is 1. The third kappa shape index (κ3) is 4.82. The van der Waals surface area contributed by atoms with Gasteiger partial charge in [-0.3, -0.25) is 0 Å². The molecule has 0 spiro atoms. The van der Waals surface area contributed by atoms with E-state index in [4.69, 9.17) is 25.5 Å². The largest absolute Gasteiger partial charge is 0.462 e. The lowest BCUT2D eigenvalue weighted by Crippen LogP contribution is -2.27. The minimum Gasteiger partial charge on any atom is -0.462 e. The van der Waals surface area contributed by atoms with Gasteiger partial charge in [0.15, 0.2) is 5.76 Å². The van der Waals surface area contributed by atoms with Crippen molar-refractivity contribution in [2.24, 2.45) is 0 Å². The molecule has 0 fully saturated rings. The topological polar surface area (TPSA) is 90.7 Å². The second-order valence-corrected chi connectivity index (χ2v) is 8.20. The normalized spacial score (nSPS) is 11.4. The van der Waals surface area contributed by atoms with Crippen LogP contribution in [0.4, 0.5) is 5.88 Å². The van der Waals surface area contributed by atoms with Crippen molar-refractivity contribution in [3.05, 3.63) is 46.6 Å². The van der Waals surface area contributed by atoms with Gasteiger partial charge in [0.25, 0.3) is 0 Å². The van der Waals surface area contributed by atoms with Crippen LogP contribution in [0.1, 0.15) is 55.3 Å². The zero-order valence-corrected chi connectivity index (χ0v) is 18.9. The molecule has 0 saturated heterocycles. The number of hydrogen-bond donors (Lipinski definition) is 1. The molecule has 1 aromatic carbocycles. The molecule has 0 bridgehead atoms. The lowest BCUT2D eigenvalue weighted by molar-refractivity contribution is 0.0481. The Morgan fingerprint density at radius 2 is 1.68 bits per heavy atom. The number of esters is 2. The third-order valence-electron chi connectivity index (χ3n) is 4.28. The summed E-state index contributed by atoms with van der Waals surface area (Å²) in [5.41, 5.74) is 0.517. The molecule has 0 aliphatic rings. The van der Waals surface area contributed by atoms with E-state index in [9.17, 15) is 9.59 Å². The molecule has 7 nitrogen and oxygen atoms in total. The zero-order chi connectivity index (χ0) is 22.8. The van der Waals surface area contributed by atoms with E-state index in [0.29, 0.717) is 11.1 Å². The Kier molecular flexibility index (Phi) is 6.55. The molecule has 164 valence electrons. The Balaban J connectivity index is 2.33. The molecule has 0 aliphatic heterocycles. The van der Waals surface area contributed by atoms with Gasteiger partial charge in [-0.25, -0.2) is 14.6 Å². The highest BCUT2D eigenvalue weighted by Gasteiger charge is 2.35. The van der Waals surface area contributed by atoms with Crippen molar-refractivity contribution in [3.8, 4) is 11.3 Å². The highest BCUT2D eigenvalue weighted by atomic mass is 35.5. The molecule has 0 atom stereocenters. The number of furan rings is 1. The highest BCUT2D eigenvalue weighted by molar-refractivity contribution is 6.33. The van der Waals surface area contributed by atoms with Crippen molar-refractivity contribution >= 4 is 40.3 Å². The van der Waals surface area contributed by atoms with Gasteiger partial charge >= 0.3 is 11.9 Å². The predicted octanol–water partition coefficient (Wildman–Crippen LogP) is 5.71. The van der Waals surface area contributed by atoms with E-state index < -0.39 is 17.5 Å². The Morgan fingerprint density at radius 1 is 1.06 bits per heavy atom. The number of ether oxygens (including phenoxy) is 2. The van der Waals surface area contributed by atoms with Gasteiger partial charge in [-0.15, -0.1) is 0 Å². The van der Waals surface area contributed by atoms with E-state index in [1.165, 1.54) is 0 Å². The molecule has 8 heteroatoms. The Morgan fingerprint density at radius 3 is 2.29 bits per heavy atom. The summed E-state index contributed by atoms with van der Waals surface area (Å²) in [4.78, 5) is 30.2. The molecule has 0 unspecified atom stereocenters. The molecule has 3 aromatic rings. The standard InChI is InChI=1S/C23H25ClN2O5/c1-6-29-21(27)16-17(22(28)30-7-2)20(26-23(3,4)5)31-18(16)14-12-13-10-8-9-11-15(13)25-19(14)24/h8-12,26H,6-7H2,1-5H3. The van der Waals surface area contributed by atoms with Crippen LogP contribution in [-0.4, -0.2) is 35.7 Å². The monoisotopic (exact) mass is 444 g/mol. The summed E-state index contributed by atoms with van der Waals surface area (Å²) in [5.74, 6) is -1.21. The summed E-state index contributed by atoms with van der Waals surface area (Å²) in [6.45, 7) is 9.33. The molecule has 31 heavy (non-hydrogen) atoms. The Bertz CT molecular complexity index is 1130. The highest BCUT2D eigenvalue weighted by Crippen LogP contribution is 2.40. The van der Waals surface area contributed by atoms with E-state index in [1.807, 2.05) is 45.0 Å². The van der Waals surface area contributed by atoms with Crippen molar-refractivity contribution in [3.63, 3.8) is 0 Å². The first-order chi connectivity index (χ1) is 14.7. The average Bonchev–Trinajstić information content (AvgIpc) is 3.05. The van der Waals surface area contributed by atoms with Crippen LogP contribution < -0.4 is 5.32 Å². The number of fused-ring (bicyclic) bond motifs is 1. The summed E-state index contributed by atoms with van der Waals surface area (Å²) in [6.07, 6.45) is 0. The number of nitrogens with one attached hydrogen (secondary N) is 1. The second-order valence-electron chi connectivity index (χ2n) is 7.85. The fourth-order valence-corrected chi connectivity index (χ4v) is 3.33. The Labute approximate surface area is 185 Å². The van der Waals surface area contributed by atoms with Crippen molar-refractivity contribution in [1.29, 1.82) is 0 Å². The molecule has 2 heterocycles. The van der Waals surface area contributed by atoms with Crippen molar-refractivity contribution in [2.45, 2.75) is 40.2 Å². The number of carbonyl (C=O) groups excluding carboxylic acids is 2. The molecule has 0 amide bonds. The minimum absolute atomic E-state index is 0.0329. The number of anilines is 1. The number of halogens is 1. The van der Waals surface area contributed by atoms with E-state index in [0.717, 1.165) is 5.39 Å². The molecule has 0 aliphatic carbocycles. The van der Waals surface area contributed by atoms with Gasteiger partial charge in [0, 0.05) is 10.9 Å². The number of pyridine rings is 1. The summed E-state index contributed by atoms with van der Waals surface area (Å²) < 4.78 is 16.5. The van der Waals surface area contributed by atoms with E-state index in [1.54, 1.807) is 19.9 Å². The van der Waals surface area contributed by atoms with Crippen molar-refractivity contribution in [1.82, 2.24) is 4.98 Å². The van der Waals surface area contributed by atoms with Gasteiger partial charge in [0.2, 0.25) is 5.88 Å². The molecular formula is C23H25ClN2O5. The summed E-state index contributed by atoms with van der Waals surface area (Å²) in [6, 6.07) is 9.19. The quantitative estimate of drug-likeness (QED) is 0.384. The van der Waals surface area contributed by atoms with Gasteiger partial charge in [-0.2, -0.15) is 0 Å². The lowest BCUT2D eigenvalue weighted by Gasteiger charge is -2.20. The van der Waals surface area contributed by atoms with Crippen LogP contribution in [0.2, 0.25) is 5.15 Å². The Hall–Kier alpha value is -3.06. The number of aromatic nitrogens is 1. The maximum absolute atomic E-state index is 12.9. The molecule has 0 radical (unpaired) electrons. The number of carbonyl (C=O) groups is 2. The maximum atomic E-state index is 12.9. The second kappa shape index (κ2) is 8.98. The minimum atomic E-state index is -0.713. The van der Waals surface area contributed by atoms with Crippen LogP contribution >= 0.6 is 11.6 Å².